The molecule has 0 bridgehead atoms. The average molecular weight is 598 g/mol. The van der Waals surface area contributed by atoms with Gasteiger partial charge < -0.3 is 34.6 Å². The normalized spacial score (nSPS) is 14.9. The zero-order valence-corrected chi connectivity index (χ0v) is 23.5. The molecule has 0 amide bonds. The third-order valence-electron chi connectivity index (χ3n) is 6.77. The van der Waals surface area contributed by atoms with Crippen LogP contribution in [0.5, 0.6) is 11.5 Å². The summed E-state index contributed by atoms with van der Waals surface area (Å²) in [7, 11) is 1.59. The number of H-pyrrole nitrogens is 2. The molecule has 1 aliphatic rings. The molecule has 39 heavy (non-hydrogen) atoms. The Kier molecular flexibility index (Phi) is 8.51. The van der Waals surface area contributed by atoms with Crippen LogP contribution < -0.4 is 20.3 Å². The molecule has 5 rings (SSSR count). The Labute approximate surface area is 234 Å². The van der Waals surface area contributed by atoms with E-state index in [1.165, 1.54) is 0 Å². The molecule has 2 aromatic heterocycles. The van der Waals surface area contributed by atoms with E-state index < -0.39 is 6.10 Å². The van der Waals surface area contributed by atoms with Gasteiger partial charge in [0.15, 0.2) is 0 Å². The van der Waals surface area contributed by atoms with Crippen molar-refractivity contribution in [3.63, 3.8) is 0 Å². The molecule has 3 heterocycles. The molecular weight excluding hydrogens is 566 g/mol. The van der Waals surface area contributed by atoms with Crippen LogP contribution in [0.15, 0.2) is 51.9 Å². The van der Waals surface area contributed by atoms with Crippen LogP contribution in [0, 0.1) is 6.92 Å². The van der Waals surface area contributed by atoms with E-state index in [4.69, 9.17) is 19.2 Å². The number of aliphatic hydroxyl groups is 1. The van der Waals surface area contributed by atoms with E-state index in [0.717, 1.165) is 59.7 Å². The molecule has 11 heteroatoms. The number of morpholine rings is 1. The van der Waals surface area contributed by atoms with Crippen molar-refractivity contribution < 1.29 is 19.3 Å². The van der Waals surface area contributed by atoms with E-state index in [1.54, 1.807) is 31.5 Å². The predicted molar refractivity (Wildman–Crippen MR) is 154 cm³/mol. The molecule has 2 aromatic carbocycles. The van der Waals surface area contributed by atoms with Gasteiger partial charge in [-0.05, 0) is 58.2 Å². The molecular formula is C28H32BrN5O5. The van der Waals surface area contributed by atoms with E-state index in [2.05, 4.69) is 36.1 Å². The first-order chi connectivity index (χ1) is 18.9. The molecule has 0 spiro atoms. The number of ether oxygens (including phenoxy) is 3. The maximum Gasteiger partial charge on any atom is 0.261 e. The molecule has 4 N–H and O–H groups in total. The number of nitrogens with one attached hydrogen (secondary N) is 3. The smallest absolute Gasteiger partial charge is 0.261 e. The van der Waals surface area contributed by atoms with Gasteiger partial charge in [-0.25, -0.2) is 4.98 Å². The molecule has 1 fully saturated rings. The number of fused-ring (bicyclic) bond motifs is 1. The minimum Gasteiger partial charge on any atom is -0.496 e. The molecule has 0 radical (unpaired) electrons. The predicted octanol–water partition coefficient (Wildman–Crippen LogP) is 3.85. The summed E-state index contributed by atoms with van der Waals surface area (Å²) >= 11 is 3.45. The fourth-order valence-electron chi connectivity index (χ4n) is 4.65. The Morgan fingerprint density at radius 1 is 1.23 bits per heavy atom. The van der Waals surface area contributed by atoms with Crippen molar-refractivity contribution >= 4 is 32.7 Å². The Bertz CT molecular complexity index is 1500. The topological polar surface area (TPSA) is 125 Å². The SMILES string of the molecule is COc1ccc([C@H](O)CNc2cc[nH]c(=O)c2-c2nc3c(C)cc(OCCN4CCOCC4)cc3[nH]2)cc1Br. The van der Waals surface area contributed by atoms with E-state index >= 15 is 0 Å². The number of halogens is 1. The number of aryl methyl sites for hydroxylation is 1. The van der Waals surface area contributed by atoms with E-state index in [0.29, 0.717) is 35.0 Å². The van der Waals surface area contributed by atoms with Crippen LogP contribution in [0.4, 0.5) is 5.69 Å². The highest BCUT2D eigenvalue weighted by atomic mass is 79.9. The number of benzene rings is 2. The van der Waals surface area contributed by atoms with E-state index in [1.807, 2.05) is 25.1 Å². The van der Waals surface area contributed by atoms with Gasteiger partial charge in [-0.3, -0.25) is 9.69 Å². The number of nitrogens with zero attached hydrogens (tertiary/aromatic N) is 2. The number of rotatable bonds is 10. The summed E-state index contributed by atoms with van der Waals surface area (Å²) in [6.07, 6.45) is 0.758. The highest BCUT2D eigenvalue weighted by Crippen LogP contribution is 2.30. The molecule has 1 aliphatic heterocycles. The fourth-order valence-corrected chi connectivity index (χ4v) is 5.21. The van der Waals surface area contributed by atoms with Gasteiger partial charge in [0.05, 0.1) is 47.6 Å². The number of aromatic nitrogens is 3. The lowest BCUT2D eigenvalue weighted by Crippen LogP contribution is -2.38. The average Bonchev–Trinajstić information content (AvgIpc) is 3.36. The van der Waals surface area contributed by atoms with Crippen LogP contribution >= 0.6 is 15.9 Å². The number of hydrogen-bond acceptors (Lipinski definition) is 8. The number of aliphatic hydroxyl groups excluding tert-OH is 1. The highest BCUT2D eigenvalue weighted by Gasteiger charge is 2.18. The van der Waals surface area contributed by atoms with Gasteiger partial charge in [0.1, 0.15) is 29.5 Å². The van der Waals surface area contributed by atoms with Crippen LogP contribution in [0.25, 0.3) is 22.4 Å². The second-order valence-corrected chi connectivity index (χ2v) is 10.3. The lowest BCUT2D eigenvalue weighted by Gasteiger charge is -2.26. The van der Waals surface area contributed by atoms with Crippen molar-refractivity contribution in [2.45, 2.75) is 13.0 Å². The lowest BCUT2D eigenvalue weighted by molar-refractivity contribution is 0.0322. The number of pyridine rings is 1. The van der Waals surface area contributed by atoms with Crippen molar-refractivity contribution in [1.82, 2.24) is 19.9 Å². The van der Waals surface area contributed by atoms with Gasteiger partial charge in [-0.1, -0.05) is 6.07 Å². The minimum atomic E-state index is -0.811. The maximum absolute atomic E-state index is 12.9. The Balaban J connectivity index is 1.33. The molecule has 4 aromatic rings. The van der Waals surface area contributed by atoms with Crippen molar-refractivity contribution in [3.8, 4) is 22.9 Å². The van der Waals surface area contributed by atoms with Gasteiger partial charge in [0, 0.05) is 38.4 Å². The summed E-state index contributed by atoms with van der Waals surface area (Å²) in [4.78, 5) is 26.0. The molecule has 1 atom stereocenters. The number of methoxy groups -OCH3 is 1. The summed E-state index contributed by atoms with van der Waals surface area (Å²) in [5, 5.41) is 14.0. The summed E-state index contributed by atoms with van der Waals surface area (Å²) in [6, 6.07) is 11.0. The molecule has 0 saturated carbocycles. The second-order valence-electron chi connectivity index (χ2n) is 9.41. The van der Waals surface area contributed by atoms with Crippen LogP contribution in [0.2, 0.25) is 0 Å². The van der Waals surface area contributed by atoms with Gasteiger partial charge in [0.2, 0.25) is 0 Å². The minimum absolute atomic E-state index is 0.190. The van der Waals surface area contributed by atoms with Crippen LogP contribution in [0.3, 0.4) is 0 Å². The summed E-state index contributed by atoms with van der Waals surface area (Å²) < 4.78 is 17.5. The molecule has 0 unspecified atom stereocenters. The number of anilines is 1. The first kappa shape index (κ1) is 27.2. The second kappa shape index (κ2) is 12.2. The summed E-state index contributed by atoms with van der Waals surface area (Å²) in [6.45, 7) is 6.93. The zero-order valence-electron chi connectivity index (χ0n) is 21.9. The number of aromatic amines is 2. The zero-order chi connectivity index (χ0) is 27.4. The van der Waals surface area contributed by atoms with Crippen LogP contribution in [0.1, 0.15) is 17.2 Å². The van der Waals surface area contributed by atoms with Crippen molar-refractivity contribution in [2.24, 2.45) is 0 Å². The van der Waals surface area contributed by atoms with Crippen molar-refractivity contribution in [2.75, 3.05) is 58.4 Å². The van der Waals surface area contributed by atoms with E-state index in [-0.39, 0.29) is 12.1 Å². The van der Waals surface area contributed by atoms with Crippen molar-refractivity contribution in [3.05, 3.63) is 68.5 Å². The van der Waals surface area contributed by atoms with Crippen LogP contribution in [-0.2, 0) is 4.74 Å². The van der Waals surface area contributed by atoms with Gasteiger partial charge >= 0.3 is 0 Å². The maximum atomic E-state index is 12.9. The molecule has 10 nitrogen and oxygen atoms in total. The fraction of sp³-hybridized carbons (Fsp3) is 0.357. The van der Waals surface area contributed by atoms with Crippen molar-refractivity contribution in [1.29, 1.82) is 0 Å². The summed E-state index contributed by atoms with van der Waals surface area (Å²) in [5.74, 6) is 1.86. The first-order valence-electron chi connectivity index (χ1n) is 12.8. The molecule has 0 aliphatic carbocycles. The molecule has 1 saturated heterocycles. The van der Waals surface area contributed by atoms with Gasteiger partial charge in [-0.2, -0.15) is 0 Å². The first-order valence-corrected chi connectivity index (χ1v) is 13.6. The quantitative estimate of drug-likeness (QED) is 0.217. The largest absolute Gasteiger partial charge is 0.496 e. The van der Waals surface area contributed by atoms with Crippen LogP contribution in [-0.4, -0.2) is 78.1 Å². The van der Waals surface area contributed by atoms with Gasteiger partial charge in [0.25, 0.3) is 5.56 Å². The number of hydrogen-bond donors (Lipinski definition) is 4. The standard InChI is InChI=1S/C28H32BrN5O5/c1-17-13-19(39-12-9-34-7-10-38-11-8-34)15-22-26(17)33-27(32-22)25-21(5-6-30-28(25)36)31-16-23(35)18-3-4-24(37-2)20(29)14-18/h3-6,13-15,23,35H,7-12,16H2,1-2H3,(H,32,33)(H2,30,31,36)/t23-/m1/s1. The molecule has 206 valence electrons. The monoisotopic (exact) mass is 597 g/mol. The third-order valence-corrected chi connectivity index (χ3v) is 7.39. The van der Waals surface area contributed by atoms with E-state index in [9.17, 15) is 9.90 Å². The number of imidazole rings is 1. The van der Waals surface area contributed by atoms with Gasteiger partial charge in [-0.15, -0.1) is 0 Å². The Morgan fingerprint density at radius 3 is 2.82 bits per heavy atom. The Hall–Kier alpha value is -3.38. The lowest BCUT2D eigenvalue weighted by atomic mass is 10.1. The Morgan fingerprint density at radius 2 is 2.05 bits per heavy atom. The highest BCUT2D eigenvalue weighted by molar-refractivity contribution is 9.10. The summed E-state index contributed by atoms with van der Waals surface area (Å²) in [5.41, 5.74) is 3.84. The third kappa shape index (κ3) is 6.27.